The molecule has 3 aliphatic rings. The molecule has 1 unspecified atom stereocenters. The molecule has 3 saturated heterocycles. The van der Waals surface area contributed by atoms with E-state index in [4.69, 9.17) is 4.74 Å². The third-order valence-corrected chi connectivity index (χ3v) is 7.26. The van der Waals surface area contributed by atoms with E-state index < -0.39 is 11.7 Å². The van der Waals surface area contributed by atoms with Crippen LogP contribution in [0.25, 0.3) is 11.4 Å². The molecule has 3 fully saturated rings. The van der Waals surface area contributed by atoms with Crippen molar-refractivity contribution in [3.63, 3.8) is 0 Å². The number of aromatic nitrogens is 2. The van der Waals surface area contributed by atoms with Crippen LogP contribution >= 0.6 is 0 Å². The minimum atomic E-state index is -0.562. The van der Waals surface area contributed by atoms with E-state index in [0.717, 1.165) is 31.7 Å². The van der Waals surface area contributed by atoms with Gasteiger partial charge in [-0.3, -0.25) is 4.79 Å². The Hall–Kier alpha value is -3.79. The van der Waals surface area contributed by atoms with Gasteiger partial charge in [-0.05, 0) is 37.6 Å². The molecule has 2 N–H and O–H groups in total. The Balaban J connectivity index is 1.33. The number of anilines is 3. The zero-order valence-corrected chi connectivity index (χ0v) is 20.0. The molecule has 10 heteroatoms. The van der Waals surface area contributed by atoms with Crippen LogP contribution in [0.5, 0.6) is 5.75 Å². The first kappa shape index (κ1) is 22.7. The van der Waals surface area contributed by atoms with Crippen molar-refractivity contribution < 1.29 is 18.3 Å². The van der Waals surface area contributed by atoms with Gasteiger partial charge in [-0.15, -0.1) is 0 Å². The number of piperazine rings is 1. The topological polar surface area (TPSA) is 92.5 Å². The molecule has 1 aromatic heterocycles. The van der Waals surface area contributed by atoms with Crippen LogP contribution < -0.4 is 25.2 Å². The number of halogens is 2. The van der Waals surface area contributed by atoms with E-state index in [2.05, 4.69) is 32.4 Å². The van der Waals surface area contributed by atoms with Crippen molar-refractivity contribution in [2.45, 2.75) is 31.5 Å². The zero-order valence-electron chi connectivity index (χ0n) is 20.0. The summed E-state index contributed by atoms with van der Waals surface area (Å²) in [5, 5.41) is 6.28. The van der Waals surface area contributed by atoms with E-state index in [0.29, 0.717) is 23.5 Å². The van der Waals surface area contributed by atoms with Crippen molar-refractivity contribution in [1.82, 2.24) is 15.3 Å². The lowest BCUT2D eigenvalue weighted by molar-refractivity contribution is 0.102. The molecule has 0 radical (unpaired) electrons. The molecule has 3 atom stereocenters. The minimum Gasteiger partial charge on any atom is -0.496 e. The summed E-state index contributed by atoms with van der Waals surface area (Å²) >= 11 is 0. The van der Waals surface area contributed by atoms with Crippen LogP contribution in [0.2, 0.25) is 0 Å². The van der Waals surface area contributed by atoms with Crippen LogP contribution in [0.15, 0.2) is 42.6 Å². The maximum atomic E-state index is 15.1. The minimum absolute atomic E-state index is 0.0245. The number of rotatable bonds is 6. The van der Waals surface area contributed by atoms with Crippen molar-refractivity contribution in [2.24, 2.45) is 0 Å². The maximum Gasteiger partial charge on any atom is 0.274 e. The predicted molar refractivity (Wildman–Crippen MR) is 133 cm³/mol. The summed E-state index contributed by atoms with van der Waals surface area (Å²) in [6.45, 7) is 4.53. The normalized spacial score (nSPS) is 22.2. The standard InChI is InChI=1S/C26H26F2N6O2/c1-14-24-19(30-24)13-34(14)21-12-20(33-9-4-10-33)16(28)11-18(21)32-26(35)17-7-8-29-25(31-17)23-15(27)5-3-6-22(23)36-2/h3,5-8,11-12,14,19,24,30H,4,9-10,13H2,1-2H3,(H,32,35)/t14-,19+,24?/m0/s1. The summed E-state index contributed by atoms with van der Waals surface area (Å²) in [5.41, 5.74) is 1.79. The van der Waals surface area contributed by atoms with Gasteiger partial charge in [0.2, 0.25) is 0 Å². The second-order valence-corrected chi connectivity index (χ2v) is 9.39. The number of nitrogens with one attached hydrogen (secondary N) is 2. The number of carbonyl (C=O) groups is 1. The first-order chi connectivity index (χ1) is 17.4. The fraction of sp³-hybridized carbons (Fsp3) is 0.346. The first-order valence-electron chi connectivity index (χ1n) is 12.0. The molecule has 0 spiro atoms. The highest BCUT2D eigenvalue weighted by molar-refractivity contribution is 6.05. The summed E-state index contributed by atoms with van der Waals surface area (Å²) < 4.78 is 34.9. The van der Waals surface area contributed by atoms with Gasteiger partial charge < -0.3 is 25.2 Å². The lowest BCUT2D eigenvalue weighted by Gasteiger charge is -2.36. The molecule has 3 aliphatic heterocycles. The van der Waals surface area contributed by atoms with Gasteiger partial charge >= 0.3 is 0 Å². The van der Waals surface area contributed by atoms with Crippen molar-refractivity contribution in [1.29, 1.82) is 0 Å². The van der Waals surface area contributed by atoms with Crippen molar-refractivity contribution in [2.75, 3.05) is 41.9 Å². The molecule has 2 aromatic carbocycles. The van der Waals surface area contributed by atoms with Crippen LogP contribution in [-0.4, -0.2) is 60.7 Å². The molecule has 8 nitrogen and oxygen atoms in total. The van der Waals surface area contributed by atoms with E-state index in [1.54, 1.807) is 6.07 Å². The fourth-order valence-corrected chi connectivity index (χ4v) is 5.09. The Morgan fingerprint density at radius 3 is 2.69 bits per heavy atom. The highest BCUT2D eigenvalue weighted by Gasteiger charge is 2.50. The zero-order chi connectivity index (χ0) is 25.0. The highest BCUT2D eigenvalue weighted by atomic mass is 19.1. The Kier molecular flexibility index (Phi) is 5.48. The molecular formula is C26H26F2N6O2. The molecular weight excluding hydrogens is 466 g/mol. The van der Waals surface area contributed by atoms with E-state index >= 15 is 4.39 Å². The van der Waals surface area contributed by atoms with Crippen molar-refractivity contribution in [3.05, 3.63) is 59.9 Å². The van der Waals surface area contributed by atoms with Gasteiger partial charge in [0.1, 0.15) is 23.1 Å². The second-order valence-electron chi connectivity index (χ2n) is 9.39. The average Bonchev–Trinajstić information content (AvgIpc) is 3.55. The third kappa shape index (κ3) is 3.81. The van der Waals surface area contributed by atoms with Crippen molar-refractivity contribution >= 4 is 23.0 Å². The van der Waals surface area contributed by atoms with Crippen LogP contribution in [0, 0.1) is 11.6 Å². The second kappa shape index (κ2) is 8.70. The molecule has 36 heavy (non-hydrogen) atoms. The van der Waals surface area contributed by atoms with Gasteiger partial charge in [-0.1, -0.05) is 6.07 Å². The van der Waals surface area contributed by atoms with Crippen LogP contribution in [-0.2, 0) is 0 Å². The smallest absolute Gasteiger partial charge is 0.274 e. The Labute approximate surface area is 207 Å². The number of benzene rings is 2. The Morgan fingerprint density at radius 1 is 1.17 bits per heavy atom. The van der Waals surface area contributed by atoms with Gasteiger partial charge in [0.25, 0.3) is 5.91 Å². The number of nitrogens with zero attached hydrogens (tertiary/aromatic N) is 4. The summed E-state index contributed by atoms with van der Waals surface area (Å²) in [7, 11) is 1.42. The number of ether oxygens (including phenoxy) is 1. The van der Waals surface area contributed by atoms with Gasteiger partial charge in [-0.25, -0.2) is 18.7 Å². The van der Waals surface area contributed by atoms with E-state index in [1.807, 2.05) is 11.0 Å². The van der Waals surface area contributed by atoms with Crippen molar-refractivity contribution in [3.8, 4) is 17.1 Å². The molecule has 3 aromatic rings. The molecule has 1 amide bonds. The monoisotopic (exact) mass is 492 g/mol. The maximum absolute atomic E-state index is 15.1. The number of hydrogen-bond donors (Lipinski definition) is 2. The number of carbonyl (C=O) groups excluding carboxylic acids is 1. The average molecular weight is 493 g/mol. The number of methoxy groups -OCH3 is 1. The van der Waals surface area contributed by atoms with Gasteiger partial charge in [0, 0.05) is 50.0 Å². The van der Waals surface area contributed by atoms with Crippen LogP contribution in [0.3, 0.4) is 0 Å². The van der Waals surface area contributed by atoms with E-state index in [-0.39, 0.29) is 34.7 Å². The van der Waals surface area contributed by atoms with Gasteiger partial charge in [-0.2, -0.15) is 0 Å². The summed E-state index contributed by atoms with van der Waals surface area (Å²) in [5.74, 6) is -1.21. The molecule has 0 saturated carbocycles. The summed E-state index contributed by atoms with van der Waals surface area (Å²) in [6.07, 6.45) is 2.42. The summed E-state index contributed by atoms with van der Waals surface area (Å²) in [6, 6.07) is 10.1. The van der Waals surface area contributed by atoms with Crippen LogP contribution in [0.1, 0.15) is 23.8 Å². The van der Waals surface area contributed by atoms with Gasteiger partial charge in [0.15, 0.2) is 5.82 Å². The first-order valence-corrected chi connectivity index (χ1v) is 12.0. The lowest BCUT2D eigenvalue weighted by atomic mass is 10.1. The summed E-state index contributed by atoms with van der Waals surface area (Å²) in [4.78, 5) is 25.9. The number of amides is 1. The Bertz CT molecular complexity index is 1350. The SMILES string of the molecule is COc1cccc(F)c1-c1nccc(C(=O)Nc2cc(F)c(N3CCC3)cc2N2C[C@H]3NC3[C@@H]2C)n1. The van der Waals surface area contributed by atoms with E-state index in [9.17, 15) is 9.18 Å². The van der Waals surface area contributed by atoms with Crippen LogP contribution in [0.4, 0.5) is 25.8 Å². The predicted octanol–water partition coefficient (Wildman–Crippen LogP) is 3.44. The molecule has 0 bridgehead atoms. The largest absolute Gasteiger partial charge is 0.496 e. The Morgan fingerprint density at radius 2 is 2.00 bits per heavy atom. The molecule has 186 valence electrons. The number of hydrogen-bond acceptors (Lipinski definition) is 7. The fourth-order valence-electron chi connectivity index (χ4n) is 5.09. The molecule has 4 heterocycles. The van der Waals surface area contributed by atoms with E-state index in [1.165, 1.54) is 37.6 Å². The number of fused-ring (bicyclic) bond motifs is 1. The third-order valence-electron chi connectivity index (χ3n) is 7.26. The molecule has 0 aliphatic carbocycles. The quantitative estimate of drug-likeness (QED) is 0.510. The lowest BCUT2D eigenvalue weighted by Crippen LogP contribution is -2.39. The molecule has 6 rings (SSSR count). The van der Waals surface area contributed by atoms with Gasteiger partial charge in [0.05, 0.1) is 29.7 Å². The highest BCUT2D eigenvalue weighted by Crippen LogP contribution is 2.41.